The summed E-state index contributed by atoms with van der Waals surface area (Å²) in [6, 6.07) is 58.3. The van der Waals surface area contributed by atoms with Crippen LogP contribution in [0.15, 0.2) is 182 Å². The second-order valence-corrected chi connectivity index (χ2v) is 16.3. The lowest BCUT2D eigenvalue weighted by molar-refractivity contribution is 0.628. The average molecular weight is 768 g/mol. The minimum atomic E-state index is -0.293. The van der Waals surface area contributed by atoms with Gasteiger partial charge in [0.05, 0.1) is 11.4 Å². The van der Waals surface area contributed by atoms with Crippen LogP contribution < -0.4 is 0 Å². The second kappa shape index (κ2) is 13.7. The Kier molecular flexibility index (Phi) is 8.05. The lowest BCUT2D eigenvalue weighted by atomic mass is 9.94. The van der Waals surface area contributed by atoms with Crippen molar-refractivity contribution in [3.8, 4) is 67.3 Å². The molecule has 4 aromatic heterocycles. The molecule has 0 N–H and O–H groups in total. The quantitative estimate of drug-likeness (QED) is 0.169. The number of hydrogen-bond donors (Lipinski definition) is 0. The molecule has 3 nitrogen and oxygen atoms in total. The SMILES string of the molecule is Fc1ccc(-c2cc(-c3ccccc3-c3cccnc3)nc(-c3cc(-c4ccc5sc6ccccc6c5c4)cc(-c4ccc5sc6ccccc6c5c4)c3)n2)cc1. The standard InChI is InChI=1S/C51H30FN3S2/c52-38-19-15-31(16-20-38)45-29-46(40-10-2-1-9-39(40)34-8-7-23-53-30-34)55-51(54-45)37-25-35(32-17-21-49-43(27-32)41-11-3-5-13-47(41)56-49)24-36(26-37)33-18-22-50-44(28-33)42-12-4-6-14-48(42)57-50/h1-30H. The van der Waals surface area contributed by atoms with Crippen molar-refractivity contribution in [2.24, 2.45) is 0 Å². The smallest absolute Gasteiger partial charge is 0.160 e. The number of hydrogen-bond acceptors (Lipinski definition) is 5. The second-order valence-electron chi connectivity index (χ2n) is 14.2. The molecule has 0 unspecified atom stereocenters. The van der Waals surface area contributed by atoms with Crippen LogP contribution in [-0.2, 0) is 0 Å². The van der Waals surface area contributed by atoms with Gasteiger partial charge in [-0.2, -0.15) is 0 Å². The highest BCUT2D eigenvalue weighted by Crippen LogP contribution is 2.41. The zero-order valence-corrected chi connectivity index (χ0v) is 32.0. The van der Waals surface area contributed by atoms with Crippen LogP contribution in [0.2, 0.25) is 0 Å². The number of rotatable bonds is 6. The van der Waals surface area contributed by atoms with E-state index in [9.17, 15) is 4.39 Å². The Hall–Kier alpha value is -6.86. The lowest BCUT2D eigenvalue weighted by Gasteiger charge is -2.15. The number of thiophene rings is 2. The maximum absolute atomic E-state index is 14.2. The highest BCUT2D eigenvalue weighted by molar-refractivity contribution is 7.26. The Morgan fingerprint density at radius 1 is 0.368 bits per heavy atom. The fraction of sp³-hybridized carbons (Fsp3) is 0. The molecular formula is C51H30FN3S2. The number of benzene rings is 7. The van der Waals surface area contributed by atoms with Gasteiger partial charge in [-0.25, -0.2) is 14.4 Å². The van der Waals surface area contributed by atoms with E-state index in [1.54, 1.807) is 18.3 Å². The monoisotopic (exact) mass is 767 g/mol. The summed E-state index contributed by atoms with van der Waals surface area (Å²) in [6.07, 6.45) is 3.65. The van der Waals surface area contributed by atoms with Crippen LogP contribution >= 0.6 is 22.7 Å². The molecule has 0 aliphatic rings. The van der Waals surface area contributed by atoms with Gasteiger partial charge < -0.3 is 0 Å². The minimum absolute atomic E-state index is 0.293. The third-order valence-corrected chi connectivity index (χ3v) is 13.0. The first-order valence-corrected chi connectivity index (χ1v) is 20.4. The van der Waals surface area contributed by atoms with Crippen molar-refractivity contribution in [2.45, 2.75) is 0 Å². The number of pyridine rings is 1. The molecular weight excluding hydrogens is 738 g/mol. The minimum Gasteiger partial charge on any atom is -0.264 e. The predicted molar refractivity (Wildman–Crippen MR) is 238 cm³/mol. The van der Waals surface area contributed by atoms with Gasteiger partial charge in [-0.1, -0.05) is 78.9 Å². The van der Waals surface area contributed by atoms with Crippen molar-refractivity contribution in [3.63, 3.8) is 0 Å². The molecule has 4 heterocycles. The Labute approximate surface area is 336 Å². The molecule has 268 valence electrons. The normalized spacial score (nSPS) is 11.6. The fourth-order valence-electron chi connectivity index (χ4n) is 7.86. The van der Waals surface area contributed by atoms with Crippen LogP contribution in [-0.4, -0.2) is 15.0 Å². The molecule has 0 saturated carbocycles. The van der Waals surface area contributed by atoms with Crippen LogP contribution in [0, 0.1) is 5.82 Å². The van der Waals surface area contributed by atoms with Crippen LogP contribution in [0.3, 0.4) is 0 Å². The molecule has 0 radical (unpaired) electrons. The Morgan fingerprint density at radius 3 is 1.54 bits per heavy atom. The Balaban J connectivity index is 1.15. The number of aromatic nitrogens is 3. The van der Waals surface area contributed by atoms with Crippen molar-refractivity contribution in [1.82, 2.24) is 15.0 Å². The molecule has 0 atom stereocenters. The first-order chi connectivity index (χ1) is 28.1. The number of fused-ring (bicyclic) bond motifs is 6. The van der Waals surface area contributed by atoms with Gasteiger partial charge in [0.1, 0.15) is 5.82 Å². The zero-order valence-electron chi connectivity index (χ0n) is 30.4. The van der Waals surface area contributed by atoms with Crippen molar-refractivity contribution < 1.29 is 4.39 Å². The van der Waals surface area contributed by atoms with Gasteiger partial charge in [-0.15, -0.1) is 22.7 Å². The van der Waals surface area contributed by atoms with E-state index >= 15 is 0 Å². The van der Waals surface area contributed by atoms with Crippen molar-refractivity contribution >= 4 is 63.0 Å². The van der Waals surface area contributed by atoms with Gasteiger partial charge in [0.25, 0.3) is 0 Å². The topological polar surface area (TPSA) is 38.7 Å². The van der Waals surface area contributed by atoms with Crippen LogP contribution in [0.5, 0.6) is 0 Å². The summed E-state index contributed by atoms with van der Waals surface area (Å²) in [5, 5.41) is 5.01. The third kappa shape index (κ3) is 6.07. The number of nitrogens with zero attached hydrogens (tertiary/aromatic N) is 3. The van der Waals surface area contributed by atoms with E-state index in [2.05, 4.69) is 126 Å². The summed E-state index contributed by atoms with van der Waals surface area (Å²) < 4.78 is 19.3. The largest absolute Gasteiger partial charge is 0.264 e. The molecule has 0 aliphatic carbocycles. The summed E-state index contributed by atoms with van der Waals surface area (Å²) >= 11 is 3.64. The Bertz CT molecular complexity index is 3180. The Morgan fingerprint density at radius 2 is 0.912 bits per heavy atom. The molecule has 0 spiro atoms. The van der Waals surface area contributed by atoms with Gasteiger partial charge in [-0.05, 0) is 119 Å². The molecule has 0 aliphatic heterocycles. The van der Waals surface area contributed by atoms with Crippen molar-refractivity contribution in [3.05, 3.63) is 188 Å². The predicted octanol–water partition coefficient (Wildman–Crippen LogP) is 14.7. The summed E-state index contributed by atoms with van der Waals surface area (Å²) in [6.45, 7) is 0. The molecule has 7 aromatic carbocycles. The molecule has 11 aromatic rings. The molecule has 0 bridgehead atoms. The van der Waals surface area contributed by atoms with Gasteiger partial charge in [-0.3, -0.25) is 4.98 Å². The third-order valence-electron chi connectivity index (χ3n) is 10.7. The van der Waals surface area contributed by atoms with Gasteiger partial charge in [0.15, 0.2) is 5.82 Å². The molecule has 57 heavy (non-hydrogen) atoms. The molecule has 0 fully saturated rings. The summed E-state index contributed by atoms with van der Waals surface area (Å²) in [4.78, 5) is 15.0. The fourth-order valence-corrected chi connectivity index (χ4v) is 10.0. The van der Waals surface area contributed by atoms with Gasteiger partial charge >= 0.3 is 0 Å². The van der Waals surface area contributed by atoms with Crippen LogP contribution in [0.25, 0.3) is 108 Å². The van der Waals surface area contributed by atoms with E-state index in [1.807, 2.05) is 53.1 Å². The zero-order chi connectivity index (χ0) is 37.9. The highest BCUT2D eigenvalue weighted by atomic mass is 32.1. The summed E-state index contributed by atoms with van der Waals surface area (Å²) in [5.41, 5.74) is 10.5. The highest BCUT2D eigenvalue weighted by Gasteiger charge is 2.17. The first-order valence-electron chi connectivity index (χ1n) is 18.7. The van der Waals surface area contributed by atoms with E-state index in [0.717, 1.165) is 55.8 Å². The average Bonchev–Trinajstić information content (AvgIpc) is 3.84. The van der Waals surface area contributed by atoms with E-state index in [0.29, 0.717) is 11.5 Å². The molecule has 11 rings (SSSR count). The van der Waals surface area contributed by atoms with Crippen LogP contribution in [0.4, 0.5) is 4.39 Å². The summed E-state index contributed by atoms with van der Waals surface area (Å²) in [5.74, 6) is 0.290. The van der Waals surface area contributed by atoms with E-state index in [-0.39, 0.29) is 5.82 Å². The van der Waals surface area contributed by atoms with E-state index in [1.165, 1.54) is 52.5 Å². The van der Waals surface area contributed by atoms with Crippen LogP contribution in [0.1, 0.15) is 0 Å². The first kappa shape index (κ1) is 33.5. The molecule has 0 amide bonds. The van der Waals surface area contributed by atoms with Crippen molar-refractivity contribution in [1.29, 1.82) is 0 Å². The molecule has 0 saturated heterocycles. The summed E-state index contributed by atoms with van der Waals surface area (Å²) in [7, 11) is 0. The maximum Gasteiger partial charge on any atom is 0.160 e. The van der Waals surface area contributed by atoms with E-state index < -0.39 is 0 Å². The van der Waals surface area contributed by atoms with Crippen molar-refractivity contribution in [2.75, 3.05) is 0 Å². The number of halogens is 1. The van der Waals surface area contributed by atoms with Gasteiger partial charge in [0, 0.05) is 75.0 Å². The molecule has 6 heteroatoms. The maximum atomic E-state index is 14.2. The van der Waals surface area contributed by atoms with Gasteiger partial charge in [0.2, 0.25) is 0 Å². The van der Waals surface area contributed by atoms with E-state index in [4.69, 9.17) is 9.97 Å². The lowest BCUT2D eigenvalue weighted by Crippen LogP contribution is -1.98.